The van der Waals surface area contributed by atoms with Crippen molar-refractivity contribution >= 4 is 47.0 Å². The summed E-state index contributed by atoms with van der Waals surface area (Å²) in [5, 5.41) is 18.4. The number of para-hydroxylation sites is 1. The van der Waals surface area contributed by atoms with Gasteiger partial charge in [0.05, 0.1) is 10.7 Å². The van der Waals surface area contributed by atoms with E-state index in [-0.39, 0.29) is 24.0 Å². The molecule has 0 fully saturated rings. The third-order valence-electron chi connectivity index (χ3n) is 5.06. The molecule has 0 aliphatic carbocycles. The first kappa shape index (κ1) is 26.0. The Labute approximate surface area is 211 Å². The zero-order valence-electron chi connectivity index (χ0n) is 19.2. The van der Waals surface area contributed by atoms with E-state index >= 15 is 0 Å². The highest BCUT2D eigenvalue weighted by atomic mass is 127. The van der Waals surface area contributed by atoms with Crippen LogP contribution < -0.4 is 15.5 Å². The van der Waals surface area contributed by atoms with Crippen LogP contribution >= 0.6 is 35.3 Å². The zero-order valence-corrected chi connectivity index (χ0v) is 22.4. The molecule has 0 atom stereocenters. The molecule has 174 valence electrons. The Hall–Kier alpha value is -2.21. The number of hydrogen-bond acceptors (Lipinski definition) is 6. The lowest BCUT2D eigenvalue weighted by molar-refractivity contribution is 0.714. The molecule has 0 bridgehead atoms. The Bertz CT molecular complexity index is 969. The van der Waals surface area contributed by atoms with Crippen molar-refractivity contribution < 1.29 is 0 Å². The third-order valence-corrected chi connectivity index (χ3v) is 5.88. The van der Waals surface area contributed by atoms with Gasteiger partial charge in [0.25, 0.3) is 0 Å². The number of rotatable bonds is 10. The summed E-state index contributed by atoms with van der Waals surface area (Å²) in [5.41, 5.74) is 2.34. The Kier molecular flexibility index (Phi) is 10.9. The average Bonchev–Trinajstić information content (AvgIpc) is 3.34. The molecule has 1 aromatic carbocycles. The van der Waals surface area contributed by atoms with Gasteiger partial charge in [-0.3, -0.25) is 0 Å². The van der Waals surface area contributed by atoms with Crippen LogP contribution in [-0.2, 0) is 20.0 Å². The molecule has 2 N–H and O–H groups in total. The van der Waals surface area contributed by atoms with Crippen molar-refractivity contribution in [3.8, 4) is 0 Å². The van der Waals surface area contributed by atoms with E-state index in [0.717, 1.165) is 60.8 Å². The topological polar surface area (TPSA) is 83.3 Å². The number of hydrogen-bond donors (Lipinski definition) is 2. The molecule has 0 saturated heterocycles. The minimum absolute atomic E-state index is 0. The standard InChI is InChI=1S/C22H32N8S.HI/c1-17-27-28-21(30(17)4)15-25-22(24-13-11-19-16-31-18(2)26-19)23-12-8-14-29(3)20-9-6-5-7-10-20;/h5-7,9-10,16H,8,11-15H2,1-4H3,(H2,23,24,25);1H. The van der Waals surface area contributed by atoms with Crippen molar-refractivity contribution in [2.24, 2.45) is 12.0 Å². The number of nitrogens with one attached hydrogen (secondary N) is 2. The summed E-state index contributed by atoms with van der Waals surface area (Å²) in [6.45, 7) is 7.02. The molecule has 0 spiro atoms. The Balaban J connectivity index is 0.00000363. The maximum Gasteiger partial charge on any atom is 0.191 e. The molecule has 8 nitrogen and oxygen atoms in total. The molecule has 0 aliphatic heterocycles. The number of nitrogens with zero attached hydrogens (tertiary/aromatic N) is 6. The van der Waals surface area contributed by atoms with Gasteiger partial charge in [-0.1, -0.05) is 18.2 Å². The van der Waals surface area contributed by atoms with Crippen molar-refractivity contribution in [2.45, 2.75) is 33.2 Å². The van der Waals surface area contributed by atoms with Crippen LogP contribution in [0.3, 0.4) is 0 Å². The van der Waals surface area contributed by atoms with E-state index in [1.54, 1.807) is 11.3 Å². The van der Waals surface area contributed by atoms with Crippen molar-refractivity contribution in [3.05, 3.63) is 58.1 Å². The van der Waals surface area contributed by atoms with Crippen molar-refractivity contribution in [1.29, 1.82) is 0 Å². The molecule has 0 aliphatic rings. The lowest BCUT2D eigenvalue weighted by Gasteiger charge is -2.19. The molecule has 3 rings (SSSR count). The van der Waals surface area contributed by atoms with Gasteiger partial charge < -0.3 is 20.1 Å². The number of anilines is 1. The van der Waals surface area contributed by atoms with Gasteiger partial charge in [0.15, 0.2) is 11.8 Å². The molecule has 3 aromatic rings. The summed E-state index contributed by atoms with van der Waals surface area (Å²) in [6, 6.07) is 10.4. The van der Waals surface area contributed by atoms with Gasteiger partial charge >= 0.3 is 0 Å². The molecule has 0 saturated carbocycles. The smallest absolute Gasteiger partial charge is 0.191 e. The van der Waals surface area contributed by atoms with E-state index in [1.807, 2.05) is 31.5 Å². The maximum absolute atomic E-state index is 4.72. The normalized spacial score (nSPS) is 11.2. The number of aliphatic imine (C=N–C) groups is 1. The highest BCUT2D eigenvalue weighted by Crippen LogP contribution is 2.11. The van der Waals surface area contributed by atoms with E-state index in [0.29, 0.717) is 6.54 Å². The van der Waals surface area contributed by atoms with E-state index in [4.69, 9.17) is 4.99 Å². The van der Waals surface area contributed by atoms with Crippen molar-refractivity contribution in [2.75, 3.05) is 31.6 Å². The molecule has 0 amide bonds. The number of halogens is 1. The quantitative estimate of drug-likeness (QED) is 0.169. The molecule has 2 heterocycles. The lowest BCUT2D eigenvalue weighted by Crippen LogP contribution is -2.39. The largest absolute Gasteiger partial charge is 0.375 e. The van der Waals surface area contributed by atoms with Crippen LogP contribution in [0.15, 0.2) is 40.7 Å². The van der Waals surface area contributed by atoms with Crippen molar-refractivity contribution in [1.82, 2.24) is 30.4 Å². The maximum atomic E-state index is 4.72. The second-order valence-electron chi connectivity index (χ2n) is 7.46. The van der Waals surface area contributed by atoms with Gasteiger partial charge in [-0.25, -0.2) is 9.98 Å². The van der Waals surface area contributed by atoms with Crippen LogP contribution in [0.25, 0.3) is 0 Å². The average molecular weight is 569 g/mol. The van der Waals surface area contributed by atoms with Gasteiger partial charge in [0, 0.05) is 51.2 Å². The fraction of sp³-hybridized carbons (Fsp3) is 0.455. The molecular weight excluding hydrogens is 535 g/mol. The lowest BCUT2D eigenvalue weighted by atomic mass is 10.3. The van der Waals surface area contributed by atoms with E-state index in [2.05, 4.69) is 67.4 Å². The molecule has 0 radical (unpaired) electrons. The summed E-state index contributed by atoms with van der Waals surface area (Å²) in [5.74, 6) is 2.52. The second kappa shape index (κ2) is 13.4. The van der Waals surface area contributed by atoms with E-state index < -0.39 is 0 Å². The van der Waals surface area contributed by atoms with Crippen LogP contribution in [0.4, 0.5) is 5.69 Å². The first-order chi connectivity index (χ1) is 15.0. The Morgan fingerprint density at radius 3 is 2.53 bits per heavy atom. The molecule has 32 heavy (non-hydrogen) atoms. The van der Waals surface area contributed by atoms with E-state index in [9.17, 15) is 0 Å². The predicted octanol–water partition coefficient (Wildman–Crippen LogP) is 3.31. The summed E-state index contributed by atoms with van der Waals surface area (Å²) < 4.78 is 1.97. The highest BCUT2D eigenvalue weighted by Gasteiger charge is 2.06. The second-order valence-corrected chi connectivity index (χ2v) is 8.52. The zero-order chi connectivity index (χ0) is 22.1. The molecule has 10 heteroatoms. The van der Waals surface area contributed by atoms with Gasteiger partial charge in [0.1, 0.15) is 12.4 Å². The van der Waals surface area contributed by atoms with Gasteiger partial charge in [0.2, 0.25) is 0 Å². The number of guanidine groups is 1. The number of benzene rings is 1. The van der Waals surface area contributed by atoms with Crippen LogP contribution in [0.2, 0.25) is 0 Å². The van der Waals surface area contributed by atoms with Crippen molar-refractivity contribution in [3.63, 3.8) is 0 Å². The molecule has 0 unspecified atom stereocenters. The number of aromatic nitrogens is 4. The van der Waals surface area contributed by atoms with Gasteiger partial charge in [-0.15, -0.1) is 45.5 Å². The highest BCUT2D eigenvalue weighted by molar-refractivity contribution is 14.0. The number of aryl methyl sites for hydroxylation is 2. The van der Waals surface area contributed by atoms with Crippen LogP contribution in [0, 0.1) is 13.8 Å². The first-order valence-electron chi connectivity index (χ1n) is 10.6. The summed E-state index contributed by atoms with van der Waals surface area (Å²) in [7, 11) is 4.08. The summed E-state index contributed by atoms with van der Waals surface area (Å²) in [6.07, 6.45) is 1.87. The molecule has 2 aromatic heterocycles. The summed E-state index contributed by atoms with van der Waals surface area (Å²) >= 11 is 1.68. The Morgan fingerprint density at radius 1 is 1.12 bits per heavy atom. The minimum atomic E-state index is 0. The van der Waals surface area contributed by atoms with E-state index in [1.165, 1.54) is 5.69 Å². The Morgan fingerprint density at radius 2 is 1.88 bits per heavy atom. The van der Waals surface area contributed by atoms with Crippen LogP contribution in [-0.4, -0.2) is 52.4 Å². The minimum Gasteiger partial charge on any atom is -0.375 e. The third kappa shape index (κ3) is 8.05. The number of thiazole rings is 1. The fourth-order valence-electron chi connectivity index (χ4n) is 3.08. The summed E-state index contributed by atoms with van der Waals surface area (Å²) in [4.78, 5) is 11.5. The predicted molar refractivity (Wildman–Crippen MR) is 143 cm³/mol. The van der Waals surface area contributed by atoms with Gasteiger partial charge in [-0.05, 0) is 32.4 Å². The SMILES string of the molecule is Cc1nc(CCNC(=NCc2nnc(C)n2C)NCCCN(C)c2ccccc2)cs1.I. The molecular formula is C22H33IN8S. The fourth-order valence-corrected chi connectivity index (χ4v) is 3.73. The first-order valence-corrected chi connectivity index (χ1v) is 11.4. The van der Waals surface area contributed by atoms with Crippen LogP contribution in [0.5, 0.6) is 0 Å². The van der Waals surface area contributed by atoms with Gasteiger partial charge in [-0.2, -0.15) is 0 Å². The van der Waals surface area contributed by atoms with Crippen LogP contribution in [0.1, 0.15) is 28.8 Å². The monoisotopic (exact) mass is 568 g/mol.